The van der Waals surface area contributed by atoms with Gasteiger partial charge in [0.25, 0.3) is 5.91 Å². The Kier molecular flexibility index (Phi) is 10.4. The van der Waals surface area contributed by atoms with E-state index in [1.54, 1.807) is 6.20 Å². The van der Waals surface area contributed by atoms with Crippen molar-refractivity contribution in [2.24, 2.45) is 17.8 Å². The minimum absolute atomic E-state index is 0.0372. The van der Waals surface area contributed by atoms with Crippen molar-refractivity contribution in [3.8, 4) is 5.88 Å². The molecule has 0 radical (unpaired) electrons. The summed E-state index contributed by atoms with van der Waals surface area (Å²) in [6.07, 6.45) is 14.9. The minimum atomic E-state index is -3.87. The van der Waals surface area contributed by atoms with Gasteiger partial charge in [-0.2, -0.15) is 0 Å². The van der Waals surface area contributed by atoms with Crippen molar-refractivity contribution in [2.45, 2.75) is 106 Å². The Hall–Kier alpha value is -4.26. The second kappa shape index (κ2) is 15.0. The van der Waals surface area contributed by atoms with Gasteiger partial charge in [0.2, 0.25) is 27.7 Å². The highest BCUT2D eigenvalue weighted by Gasteiger charge is 2.62. The fourth-order valence-corrected chi connectivity index (χ4v) is 9.49. The lowest BCUT2D eigenvalue weighted by Crippen LogP contribution is -2.57. The molecule has 5 atom stereocenters. The van der Waals surface area contributed by atoms with Gasteiger partial charge in [-0.1, -0.05) is 43.2 Å². The molecule has 7 rings (SSSR count). The van der Waals surface area contributed by atoms with Crippen molar-refractivity contribution in [3.05, 3.63) is 54.8 Å². The Morgan fingerprint density at radius 2 is 1.85 bits per heavy atom. The summed E-state index contributed by atoms with van der Waals surface area (Å²) in [6, 6.07) is 6.92. The van der Waals surface area contributed by atoms with Gasteiger partial charge in [-0.05, 0) is 86.8 Å². The van der Waals surface area contributed by atoms with Crippen LogP contribution in [0, 0.1) is 17.8 Å². The van der Waals surface area contributed by atoms with Gasteiger partial charge in [-0.15, -0.1) is 6.58 Å². The number of rotatable bonds is 7. The van der Waals surface area contributed by atoms with E-state index in [0.29, 0.717) is 18.7 Å². The van der Waals surface area contributed by atoms with Crippen LogP contribution in [0.3, 0.4) is 0 Å². The van der Waals surface area contributed by atoms with Gasteiger partial charge in [0.05, 0.1) is 30.7 Å². The number of cyclic esters (lactones) is 1. The maximum Gasteiger partial charge on any atom is 0.306 e. The van der Waals surface area contributed by atoms with Crippen molar-refractivity contribution >= 4 is 50.6 Å². The number of sulfonamides is 1. The summed E-state index contributed by atoms with van der Waals surface area (Å²) in [5.41, 5.74) is -0.518. The van der Waals surface area contributed by atoms with E-state index in [2.05, 4.69) is 33.8 Å². The fourth-order valence-electron chi connectivity index (χ4n) is 8.12. The van der Waals surface area contributed by atoms with E-state index in [4.69, 9.17) is 9.47 Å². The zero-order chi connectivity index (χ0) is 36.5. The van der Waals surface area contributed by atoms with Gasteiger partial charge in [0, 0.05) is 23.9 Å². The van der Waals surface area contributed by atoms with Crippen LogP contribution in [0.2, 0.25) is 0 Å². The van der Waals surface area contributed by atoms with Gasteiger partial charge in [-0.3, -0.25) is 23.9 Å². The van der Waals surface area contributed by atoms with Gasteiger partial charge >= 0.3 is 5.97 Å². The smallest absolute Gasteiger partial charge is 0.306 e. The Morgan fingerprint density at radius 3 is 2.60 bits per heavy atom. The summed E-state index contributed by atoms with van der Waals surface area (Å²) in [4.78, 5) is 61.7. The lowest BCUT2D eigenvalue weighted by Gasteiger charge is -2.31. The zero-order valence-electron chi connectivity index (χ0n) is 29.5. The largest absolute Gasteiger partial charge is 0.472 e. The molecular weight excluding hydrogens is 685 g/mol. The van der Waals surface area contributed by atoms with Gasteiger partial charge < -0.3 is 19.7 Å². The van der Waals surface area contributed by atoms with E-state index in [0.717, 1.165) is 67.7 Å². The van der Waals surface area contributed by atoms with Gasteiger partial charge in [-0.25, -0.2) is 13.4 Å². The van der Waals surface area contributed by atoms with Crippen LogP contribution in [-0.4, -0.2) is 78.1 Å². The van der Waals surface area contributed by atoms with E-state index in [1.807, 2.05) is 24.3 Å². The van der Waals surface area contributed by atoms with Crippen molar-refractivity contribution in [3.63, 3.8) is 0 Å². The van der Waals surface area contributed by atoms with Gasteiger partial charge in [0.1, 0.15) is 17.7 Å². The summed E-state index contributed by atoms with van der Waals surface area (Å²) in [5.74, 6) is -2.97. The molecule has 5 aliphatic rings. The Balaban J connectivity index is 1.20. The first kappa shape index (κ1) is 36.1. The normalized spacial score (nSPS) is 29.6. The number of hydrogen-bond acceptors (Lipinski definition) is 9. The third-order valence-corrected chi connectivity index (χ3v) is 13.2. The molecule has 3 heterocycles. The fraction of sp³-hybridized carbons (Fsp3) is 0.564. The summed E-state index contributed by atoms with van der Waals surface area (Å²) >= 11 is 0. The molecular formula is C39H48N4O8S. The number of benzene rings is 1. The molecule has 3 saturated carbocycles. The molecule has 0 spiro atoms. The molecule has 4 bridgehead atoms. The highest BCUT2D eigenvalue weighted by atomic mass is 32.2. The quantitative estimate of drug-likeness (QED) is 0.307. The number of nitrogens with zero attached hydrogens (tertiary/aromatic N) is 2. The third-order valence-electron chi connectivity index (χ3n) is 11.4. The molecule has 278 valence electrons. The molecule has 2 N–H and O–H groups in total. The molecule has 1 aromatic heterocycles. The molecule has 3 amide bonds. The highest BCUT2D eigenvalue weighted by molar-refractivity contribution is 7.91. The predicted octanol–water partition coefficient (Wildman–Crippen LogP) is 4.58. The van der Waals surface area contributed by atoms with E-state index >= 15 is 0 Å². The van der Waals surface area contributed by atoms with E-state index in [-0.39, 0.29) is 44.2 Å². The average Bonchev–Trinajstić information content (AvgIpc) is 4.00. The molecule has 0 unspecified atom stereocenters. The Morgan fingerprint density at radius 1 is 1.04 bits per heavy atom. The maximum absolute atomic E-state index is 14.7. The number of aromatic nitrogens is 1. The zero-order valence-corrected chi connectivity index (χ0v) is 30.3. The number of allylic oxidation sites excluding steroid dienone is 1. The molecule has 2 aromatic rings. The summed E-state index contributed by atoms with van der Waals surface area (Å²) < 4.78 is 39.8. The van der Waals surface area contributed by atoms with Crippen LogP contribution in [0.4, 0.5) is 0 Å². The summed E-state index contributed by atoms with van der Waals surface area (Å²) in [5, 5.41) is 3.97. The molecule has 2 aliphatic heterocycles. The van der Waals surface area contributed by atoms with E-state index < -0.39 is 62.6 Å². The number of esters is 1. The van der Waals surface area contributed by atoms with E-state index in [9.17, 15) is 27.6 Å². The van der Waals surface area contributed by atoms with Crippen LogP contribution in [-0.2, 0) is 33.9 Å². The number of nitrogens with one attached hydrogen (secondary N) is 2. The lowest BCUT2D eigenvalue weighted by atomic mass is 9.86. The van der Waals surface area contributed by atoms with Gasteiger partial charge in [0.15, 0.2) is 0 Å². The summed E-state index contributed by atoms with van der Waals surface area (Å²) in [6.45, 7) is 4.14. The molecule has 52 heavy (non-hydrogen) atoms. The molecule has 3 aliphatic carbocycles. The van der Waals surface area contributed by atoms with Crippen LogP contribution in [0.25, 0.3) is 16.8 Å². The molecule has 1 saturated heterocycles. The molecule has 1 aromatic carbocycles. The van der Waals surface area contributed by atoms with Crippen LogP contribution < -0.4 is 14.8 Å². The number of carbonyl (C=O) groups is 4. The van der Waals surface area contributed by atoms with Crippen molar-refractivity contribution in [1.82, 2.24) is 19.9 Å². The maximum atomic E-state index is 14.7. The van der Waals surface area contributed by atoms with Crippen LogP contribution >= 0.6 is 0 Å². The lowest BCUT2D eigenvalue weighted by molar-refractivity contribution is -0.152. The number of amides is 3. The van der Waals surface area contributed by atoms with Crippen LogP contribution in [0.1, 0.15) is 89.0 Å². The monoisotopic (exact) mass is 732 g/mol. The highest BCUT2D eigenvalue weighted by Crippen LogP contribution is 2.46. The topological polar surface area (TPSA) is 161 Å². The first-order valence-electron chi connectivity index (χ1n) is 18.8. The first-order valence-corrected chi connectivity index (χ1v) is 20.3. The van der Waals surface area contributed by atoms with Crippen molar-refractivity contribution < 1.29 is 37.1 Å². The Bertz CT molecular complexity index is 1870. The molecule has 13 heteroatoms. The number of fused-ring (bicyclic) bond motifs is 3. The molecule has 12 nitrogen and oxygen atoms in total. The second-order valence-corrected chi connectivity index (χ2v) is 17.0. The molecule has 4 fully saturated rings. The Labute approximate surface area is 304 Å². The van der Waals surface area contributed by atoms with Crippen molar-refractivity contribution in [2.75, 3.05) is 13.2 Å². The number of hydrogen-bond donors (Lipinski definition) is 2. The van der Waals surface area contributed by atoms with Crippen LogP contribution in [0.15, 0.2) is 49.2 Å². The minimum Gasteiger partial charge on any atom is -0.472 e. The predicted molar refractivity (Wildman–Crippen MR) is 194 cm³/mol. The SMILES string of the molecule is C=C[C@@H]1C[C@]1(NC(=O)[C@@H]1C[C@@H]2CN1C(=O)[C@H](C1CCCC1)CC(=O)OCCCCC/C=C/c1ccc3ccnc(c3c1)O2)C(=O)NS(=O)(=O)C1CC1. The average molecular weight is 733 g/mol. The van der Waals surface area contributed by atoms with Crippen LogP contribution in [0.5, 0.6) is 5.88 Å². The summed E-state index contributed by atoms with van der Waals surface area (Å²) in [7, 11) is -3.87. The van der Waals surface area contributed by atoms with Crippen molar-refractivity contribution in [1.29, 1.82) is 0 Å². The number of carbonyl (C=O) groups excluding carboxylic acids is 4. The number of pyridine rings is 1. The van der Waals surface area contributed by atoms with E-state index in [1.165, 1.54) is 11.0 Å². The first-order chi connectivity index (χ1) is 25.1. The third kappa shape index (κ3) is 7.74. The number of ether oxygens (including phenoxy) is 2. The standard InChI is InChI=1S/C39H48N4O8S/c1-2-28-23-39(28,38(47)42-52(48,49)30-15-16-30)41-35(45)33-21-29-24-43(33)37(46)32(26-11-7-8-12-26)22-34(44)50-19-9-5-3-4-6-10-25-13-14-27-17-18-40-36(51-29)31(27)20-25/h2,6,10,13-14,17-18,20,26,28-30,32-33H,1,3-5,7-9,11-12,15-16,19,21-24H2,(H,41,45)(H,42,47)/b10-6+/t28-,29-,32+,33+,39-/m1/s1. The second-order valence-electron chi connectivity index (χ2n) is 15.1.